The van der Waals surface area contributed by atoms with Crippen molar-refractivity contribution in [2.24, 2.45) is 11.3 Å². The van der Waals surface area contributed by atoms with Crippen LogP contribution in [0, 0.1) is 18.3 Å². The second kappa shape index (κ2) is 6.04. The molecule has 0 radical (unpaired) electrons. The molecule has 20 heavy (non-hydrogen) atoms. The van der Waals surface area contributed by atoms with Gasteiger partial charge < -0.3 is 10.6 Å². The fourth-order valence-electron chi connectivity index (χ4n) is 3.10. The smallest absolute Gasteiger partial charge is 0.228 e. The summed E-state index contributed by atoms with van der Waals surface area (Å²) in [6, 6.07) is 5.97. The molecule has 1 amide bonds. The van der Waals surface area contributed by atoms with Gasteiger partial charge in [0.05, 0.1) is 0 Å². The zero-order valence-corrected chi connectivity index (χ0v) is 13.9. The molecule has 5 heteroatoms. The molecule has 2 aliphatic rings. The first-order valence-corrected chi connectivity index (χ1v) is 7.68. The van der Waals surface area contributed by atoms with Crippen LogP contribution in [-0.2, 0) is 4.79 Å². The van der Waals surface area contributed by atoms with Gasteiger partial charge in [0.1, 0.15) is 0 Å². The van der Waals surface area contributed by atoms with E-state index in [1.54, 1.807) is 0 Å². The van der Waals surface area contributed by atoms with Gasteiger partial charge in [-0.25, -0.2) is 0 Å². The van der Waals surface area contributed by atoms with Crippen LogP contribution in [0.5, 0.6) is 0 Å². The molecule has 2 fully saturated rings. The molecule has 3 nitrogen and oxygen atoms in total. The van der Waals surface area contributed by atoms with Gasteiger partial charge in [0.15, 0.2) is 0 Å². The molecular weight excluding hydrogens is 340 g/mol. The van der Waals surface area contributed by atoms with E-state index in [0.29, 0.717) is 5.41 Å². The lowest BCUT2D eigenvalue weighted by atomic mass is 9.92. The number of hydrogen-bond donors (Lipinski definition) is 2. The number of nitrogens with one attached hydrogen (secondary N) is 2. The monoisotopic (exact) mass is 358 g/mol. The molecule has 1 saturated heterocycles. The molecule has 1 unspecified atom stereocenters. The molecule has 1 aromatic carbocycles. The summed E-state index contributed by atoms with van der Waals surface area (Å²) in [5.41, 5.74) is 2.37. The van der Waals surface area contributed by atoms with E-state index in [1.807, 2.05) is 25.1 Å². The van der Waals surface area contributed by atoms with Crippen molar-refractivity contribution in [1.29, 1.82) is 0 Å². The second-order valence-corrected chi connectivity index (χ2v) is 6.68. The van der Waals surface area contributed by atoms with Crippen LogP contribution in [0.25, 0.3) is 0 Å². The summed E-state index contributed by atoms with van der Waals surface area (Å²) in [6.45, 7) is 4.15. The molecule has 1 spiro atoms. The Hall–Kier alpha value is -0.580. The number of benzene rings is 1. The van der Waals surface area contributed by atoms with Gasteiger partial charge in [0.25, 0.3) is 0 Å². The van der Waals surface area contributed by atoms with Crippen molar-refractivity contribution in [2.45, 2.75) is 26.2 Å². The summed E-state index contributed by atoms with van der Waals surface area (Å²) >= 11 is 3.50. The highest BCUT2D eigenvalue weighted by atomic mass is 79.9. The third-order valence-electron chi connectivity index (χ3n) is 4.54. The number of amides is 1. The van der Waals surface area contributed by atoms with Gasteiger partial charge in [0, 0.05) is 16.1 Å². The van der Waals surface area contributed by atoms with Crippen molar-refractivity contribution in [3.63, 3.8) is 0 Å². The van der Waals surface area contributed by atoms with Crippen LogP contribution in [0.2, 0.25) is 0 Å². The molecule has 2 N–H and O–H groups in total. The van der Waals surface area contributed by atoms with Crippen molar-refractivity contribution in [3.05, 3.63) is 28.2 Å². The van der Waals surface area contributed by atoms with E-state index in [9.17, 15) is 4.79 Å². The molecule has 1 aliphatic heterocycles. The molecule has 1 heterocycles. The summed E-state index contributed by atoms with van der Waals surface area (Å²) in [7, 11) is 0. The van der Waals surface area contributed by atoms with Gasteiger partial charge in [0.2, 0.25) is 5.91 Å². The van der Waals surface area contributed by atoms with E-state index in [1.165, 1.54) is 5.56 Å². The third kappa shape index (κ3) is 3.02. The number of carbonyl (C=O) groups is 1. The summed E-state index contributed by atoms with van der Waals surface area (Å²) in [5.74, 6) is 0.410. The van der Waals surface area contributed by atoms with Gasteiger partial charge in [-0.2, -0.15) is 0 Å². The average molecular weight is 360 g/mol. The van der Waals surface area contributed by atoms with Crippen LogP contribution in [0.4, 0.5) is 5.69 Å². The highest BCUT2D eigenvalue weighted by Gasteiger charge is 2.57. The van der Waals surface area contributed by atoms with E-state index in [4.69, 9.17) is 0 Å². The zero-order valence-electron chi connectivity index (χ0n) is 11.5. The molecule has 3 rings (SSSR count). The number of rotatable bonds is 2. The molecule has 0 aromatic heterocycles. The number of aryl methyl sites for hydroxylation is 1. The van der Waals surface area contributed by atoms with E-state index in [0.717, 1.165) is 42.5 Å². The molecule has 1 atom stereocenters. The largest absolute Gasteiger partial charge is 0.326 e. The fraction of sp³-hybridized carbons (Fsp3) is 0.533. The summed E-state index contributed by atoms with van der Waals surface area (Å²) < 4.78 is 1.04. The highest BCUT2D eigenvalue weighted by Crippen LogP contribution is 2.58. The fourth-order valence-corrected chi connectivity index (χ4v) is 3.47. The second-order valence-electron chi connectivity index (χ2n) is 5.82. The first-order valence-electron chi connectivity index (χ1n) is 6.88. The standard InChI is InChI=1S/C15H19BrN2O.ClH/c1-10-2-3-11(8-13(10)16)18-14(19)12-9-15(12)4-6-17-7-5-15;/h2-3,8,12,17H,4-7,9H2,1H3,(H,18,19);1H. The Labute approximate surface area is 134 Å². The molecule has 110 valence electrons. The Bertz CT molecular complexity index is 515. The predicted octanol–water partition coefficient (Wildman–Crippen LogP) is 3.51. The van der Waals surface area contributed by atoms with Crippen molar-refractivity contribution in [3.8, 4) is 0 Å². The van der Waals surface area contributed by atoms with E-state index < -0.39 is 0 Å². The lowest BCUT2D eigenvalue weighted by Crippen LogP contribution is -2.31. The molecule has 0 bridgehead atoms. The Morgan fingerprint density at radius 1 is 1.40 bits per heavy atom. The number of hydrogen-bond acceptors (Lipinski definition) is 2. The van der Waals surface area contributed by atoms with Gasteiger partial charge in [-0.3, -0.25) is 4.79 Å². The summed E-state index contributed by atoms with van der Waals surface area (Å²) in [4.78, 5) is 12.3. The van der Waals surface area contributed by atoms with Gasteiger partial charge in [-0.15, -0.1) is 12.4 Å². The van der Waals surface area contributed by atoms with Crippen molar-refractivity contribution >= 4 is 39.9 Å². The van der Waals surface area contributed by atoms with Crippen LogP contribution in [0.3, 0.4) is 0 Å². The number of anilines is 1. The van der Waals surface area contributed by atoms with E-state index >= 15 is 0 Å². The Kier molecular flexibility index (Phi) is 4.77. The van der Waals surface area contributed by atoms with Crippen LogP contribution >= 0.6 is 28.3 Å². The maximum Gasteiger partial charge on any atom is 0.228 e. The number of carbonyl (C=O) groups excluding carboxylic acids is 1. The maximum absolute atomic E-state index is 12.3. The normalized spacial score (nSPS) is 23.0. The van der Waals surface area contributed by atoms with Crippen LogP contribution in [0.1, 0.15) is 24.8 Å². The van der Waals surface area contributed by atoms with Crippen LogP contribution in [-0.4, -0.2) is 19.0 Å². The SMILES string of the molecule is Cc1ccc(NC(=O)C2CC23CCNCC3)cc1Br.Cl. The van der Waals surface area contributed by atoms with E-state index in [-0.39, 0.29) is 24.2 Å². The third-order valence-corrected chi connectivity index (χ3v) is 5.40. The highest BCUT2D eigenvalue weighted by molar-refractivity contribution is 9.10. The minimum atomic E-state index is 0. The molecule has 1 saturated carbocycles. The summed E-state index contributed by atoms with van der Waals surface area (Å²) in [6.07, 6.45) is 3.35. The van der Waals surface area contributed by atoms with E-state index in [2.05, 4.69) is 26.6 Å². The lowest BCUT2D eigenvalue weighted by Gasteiger charge is -2.23. The predicted molar refractivity (Wildman–Crippen MR) is 87.4 cm³/mol. The molecule has 1 aromatic rings. The van der Waals surface area contributed by atoms with Gasteiger partial charge >= 0.3 is 0 Å². The first kappa shape index (κ1) is 15.8. The lowest BCUT2D eigenvalue weighted by molar-refractivity contribution is -0.118. The number of halogens is 2. The van der Waals surface area contributed by atoms with Crippen LogP contribution in [0.15, 0.2) is 22.7 Å². The zero-order chi connectivity index (χ0) is 13.5. The molecular formula is C15H20BrClN2O. The first-order chi connectivity index (χ1) is 9.11. The quantitative estimate of drug-likeness (QED) is 0.848. The topological polar surface area (TPSA) is 41.1 Å². The average Bonchev–Trinajstić information content (AvgIpc) is 3.08. The number of piperidine rings is 1. The van der Waals surface area contributed by atoms with Gasteiger partial charge in [-0.1, -0.05) is 22.0 Å². The Morgan fingerprint density at radius 3 is 2.75 bits per heavy atom. The molecule has 1 aliphatic carbocycles. The van der Waals surface area contributed by atoms with Crippen molar-refractivity contribution < 1.29 is 4.79 Å². The summed E-state index contributed by atoms with van der Waals surface area (Å²) in [5, 5.41) is 6.42. The Balaban J connectivity index is 0.00000147. The maximum atomic E-state index is 12.3. The minimum Gasteiger partial charge on any atom is -0.326 e. The Morgan fingerprint density at radius 2 is 2.10 bits per heavy atom. The van der Waals surface area contributed by atoms with Crippen LogP contribution < -0.4 is 10.6 Å². The van der Waals surface area contributed by atoms with Crippen molar-refractivity contribution in [1.82, 2.24) is 5.32 Å². The van der Waals surface area contributed by atoms with Gasteiger partial charge in [-0.05, 0) is 62.4 Å². The van der Waals surface area contributed by atoms with Crippen molar-refractivity contribution in [2.75, 3.05) is 18.4 Å². The minimum absolute atomic E-state index is 0.